The van der Waals surface area contributed by atoms with Crippen LogP contribution in [-0.4, -0.2) is 82.2 Å². The van der Waals surface area contributed by atoms with Gasteiger partial charge in [0.1, 0.15) is 17.8 Å². The Labute approximate surface area is 239 Å². The largest absolute Gasteiger partial charge is 0.457 e. The first-order chi connectivity index (χ1) is 18.6. The number of rotatable bonds is 10. The van der Waals surface area contributed by atoms with Crippen LogP contribution in [0.1, 0.15) is 80.6 Å². The third kappa shape index (κ3) is 10.1. The molecule has 0 amide bonds. The summed E-state index contributed by atoms with van der Waals surface area (Å²) in [7, 11) is 1.53. The summed E-state index contributed by atoms with van der Waals surface area (Å²) < 4.78 is 22.8. The number of hydrogen-bond donors (Lipinski definition) is 3. The van der Waals surface area contributed by atoms with Gasteiger partial charge >= 0.3 is 11.9 Å². The number of aliphatic hydroxyl groups excluding tert-OH is 2. The number of hydrogen-bond acceptors (Lipinski definition) is 9. The van der Waals surface area contributed by atoms with E-state index in [4.69, 9.17) is 18.9 Å². The Morgan fingerprint density at radius 1 is 1.32 bits per heavy atom. The normalized spacial score (nSPS) is 35.2. The average Bonchev–Trinajstić information content (AvgIpc) is 3.64. The Hall–Kier alpha value is -2.04. The van der Waals surface area contributed by atoms with Crippen LogP contribution >= 0.6 is 0 Å². The standard InChI is InChI=1S/C31H50O9/c1-9-24(34)21(4)29-25(39-29)18-30(6,36)15-10-11-19(2)28-20(3)12-13-26(38-22(5)32)31(7,37-8)16-14-23(33)17-27(35)40-28/h10-13,15,20-21,23-26,28-29,33-34,36H,9,14,16-18H2,1-8H3. The lowest BCUT2D eigenvalue weighted by molar-refractivity contribution is -0.160. The monoisotopic (exact) mass is 566 g/mol. The van der Waals surface area contributed by atoms with Crippen molar-refractivity contribution in [3.63, 3.8) is 0 Å². The van der Waals surface area contributed by atoms with Crippen LogP contribution in [0.5, 0.6) is 0 Å². The second kappa shape index (κ2) is 14.7. The number of carbonyl (C=O) groups excluding carboxylic acids is 2. The maximum Gasteiger partial charge on any atom is 0.309 e. The van der Waals surface area contributed by atoms with E-state index in [2.05, 4.69) is 0 Å². The first-order valence-electron chi connectivity index (χ1n) is 14.3. The van der Waals surface area contributed by atoms with Crippen LogP contribution < -0.4 is 0 Å². The van der Waals surface area contributed by atoms with Crippen LogP contribution in [0.25, 0.3) is 0 Å². The molecule has 1 fully saturated rings. The minimum Gasteiger partial charge on any atom is -0.457 e. The number of ether oxygens (including phenoxy) is 4. The topological polar surface area (TPSA) is 135 Å². The molecule has 2 rings (SSSR count). The fourth-order valence-electron chi connectivity index (χ4n) is 5.19. The van der Waals surface area contributed by atoms with E-state index in [1.165, 1.54) is 14.0 Å². The lowest BCUT2D eigenvalue weighted by Gasteiger charge is -2.35. The van der Waals surface area contributed by atoms with E-state index in [9.17, 15) is 24.9 Å². The van der Waals surface area contributed by atoms with Gasteiger partial charge in [0.25, 0.3) is 0 Å². The molecular formula is C31H50O9. The Bertz CT molecular complexity index is 939. The van der Waals surface area contributed by atoms with Gasteiger partial charge < -0.3 is 34.3 Å². The molecule has 0 radical (unpaired) electrons. The molecule has 3 N–H and O–H groups in total. The van der Waals surface area contributed by atoms with E-state index >= 15 is 0 Å². The molecule has 0 bridgehead atoms. The van der Waals surface area contributed by atoms with Crippen molar-refractivity contribution in [1.82, 2.24) is 0 Å². The highest BCUT2D eigenvalue weighted by Gasteiger charge is 2.47. The van der Waals surface area contributed by atoms with Gasteiger partial charge in [0.2, 0.25) is 0 Å². The zero-order chi connectivity index (χ0) is 30.3. The van der Waals surface area contributed by atoms with E-state index in [1.807, 2.05) is 40.7 Å². The van der Waals surface area contributed by atoms with E-state index in [1.54, 1.807) is 31.2 Å². The van der Waals surface area contributed by atoms with Gasteiger partial charge in [-0.2, -0.15) is 0 Å². The van der Waals surface area contributed by atoms with Crippen molar-refractivity contribution < 1.29 is 43.9 Å². The molecule has 0 aromatic heterocycles. The zero-order valence-electron chi connectivity index (χ0n) is 25.3. The molecule has 0 aromatic carbocycles. The van der Waals surface area contributed by atoms with Crippen LogP contribution in [0, 0.1) is 11.8 Å². The second-order valence-corrected chi connectivity index (χ2v) is 11.9. The van der Waals surface area contributed by atoms with E-state index in [0.29, 0.717) is 19.3 Å². The smallest absolute Gasteiger partial charge is 0.309 e. The van der Waals surface area contributed by atoms with Gasteiger partial charge in [0.15, 0.2) is 0 Å². The molecule has 0 saturated carbocycles. The van der Waals surface area contributed by atoms with Crippen LogP contribution in [0.3, 0.4) is 0 Å². The predicted molar refractivity (Wildman–Crippen MR) is 151 cm³/mol. The van der Waals surface area contributed by atoms with Crippen LogP contribution in [-0.2, 0) is 28.5 Å². The second-order valence-electron chi connectivity index (χ2n) is 11.9. The van der Waals surface area contributed by atoms with Crippen molar-refractivity contribution in [3.8, 4) is 0 Å². The number of aliphatic hydroxyl groups is 3. The molecule has 9 heteroatoms. The quantitative estimate of drug-likeness (QED) is 0.156. The number of epoxide rings is 1. The number of esters is 2. The van der Waals surface area contributed by atoms with Crippen LogP contribution in [0.15, 0.2) is 36.0 Å². The molecule has 9 nitrogen and oxygen atoms in total. The van der Waals surface area contributed by atoms with Gasteiger partial charge in [-0.3, -0.25) is 9.59 Å². The van der Waals surface area contributed by atoms with E-state index < -0.39 is 47.6 Å². The van der Waals surface area contributed by atoms with Crippen molar-refractivity contribution in [2.75, 3.05) is 7.11 Å². The fourth-order valence-corrected chi connectivity index (χ4v) is 5.19. The Balaban J connectivity index is 2.21. The summed E-state index contributed by atoms with van der Waals surface area (Å²) in [5, 5.41) is 31.5. The first-order valence-corrected chi connectivity index (χ1v) is 14.3. The Kier molecular flexibility index (Phi) is 12.6. The van der Waals surface area contributed by atoms with Gasteiger partial charge in [-0.05, 0) is 51.7 Å². The van der Waals surface area contributed by atoms with Crippen molar-refractivity contribution in [3.05, 3.63) is 36.0 Å². The minimum absolute atomic E-state index is 0.00274. The zero-order valence-corrected chi connectivity index (χ0v) is 25.3. The summed E-state index contributed by atoms with van der Waals surface area (Å²) in [6.07, 6.45) is 7.40. The lowest BCUT2D eigenvalue weighted by atomic mass is 9.88. The molecular weight excluding hydrogens is 516 g/mol. The number of carbonyl (C=O) groups is 2. The molecule has 2 heterocycles. The van der Waals surface area contributed by atoms with Crippen molar-refractivity contribution in [2.45, 2.75) is 128 Å². The lowest BCUT2D eigenvalue weighted by Crippen LogP contribution is -2.44. The molecule has 2 aliphatic rings. The Morgan fingerprint density at radius 2 is 2.00 bits per heavy atom. The van der Waals surface area contributed by atoms with Crippen molar-refractivity contribution in [2.24, 2.45) is 11.8 Å². The summed E-state index contributed by atoms with van der Waals surface area (Å²) in [6, 6.07) is 0. The fraction of sp³-hybridized carbons (Fsp3) is 0.742. The molecule has 40 heavy (non-hydrogen) atoms. The maximum absolute atomic E-state index is 12.7. The van der Waals surface area contributed by atoms with E-state index in [0.717, 1.165) is 5.57 Å². The van der Waals surface area contributed by atoms with Gasteiger partial charge in [-0.1, -0.05) is 45.1 Å². The SMILES string of the molecule is CCC(O)C(C)C1OC1CC(C)(O)C=CC=C(C)C1OC(=O)CC(O)CCC(C)(OC)C(OC(C)=O)C=CC1C. The molecule has 1 saturated heterocycles. The van der Waals surface area contributed by atoms with E-state index in [-0.39, 0.29) is 36.9 Å². The predicted octanol–water partition coefficient (Wildman–Crippen LogP) is 3.79. The molecule has 10 atom stereocenters. The molecule has 228 valence electrons. The van der Waals surface area contributed by atoms with Gasteiger partial charge in [-0.25, -0.2) is 0 Å². The maximum atomic E-state index is 12.7. The van der Waals surface area contributed by atoms with Crippen LogP contribution in [0.2, 0.25) is 0 Å². The Morgan fingerprint density at radius 3 is 2.60 bits per heavy atom. The minimum atomic E-state index is -1.13. The highest BCUT2D eigenvalue weighted by atomic mass is 16.6. The summed E-state index contributed by atoms with van der Waals surface area (Å²) in [6.45, 7) is 12.5. The third-order valence-electron chi connectivity index (χ3n) is 8.11. The molecule has 2 aliphatic heterocycles. The molecule has 0 aromatic rings. The summed E-state index contributed by atoms with van der Waals surface area (Å²) >= 11 is 0. The van der Waals surface area contributed by atoms with Crippen LogP contribution in [0.4, 0.5) is 0 Å². The summed E-state index contributed by atoms with van der Waals surface area (Å²) in [5.41, 5.74) is -1.28. The molecule has 10 unspecified atom stereocenters. The third-order valence-corrected chi connectivity index (χ3v) is 8.11. The summed E-state index contributed by atoms with van der Waals surface area (Å²) in [5.74, 6) is -1.26. The molecule has 0 aliphatic carbocycles. The number of allylic oxidation sites excluding steroid dienone is 2. The number of cyclic esters (lactones) is 1. The van der Waals surface area contributed by atoms with Gasteiger partial charge in [-0.15, -0.1) is 0 Å². The average molecular weight is 567 g/mol. The number of methoxy groups -OCH3 is 1. The highest BCUT2D eigenvalue weighted by Crippen LogP contribution is 2.37. The van der Waals surface area contributed by atoms with Crippen molar-refractivity contribution >= 4 is 11.9 Å². The van der Waals surface area contributed by atoms with Gasteiger partial charge in [0, 0.05) is 32.3 Å². The summed E-state index contributed by atoms with van der Waals surface area (Å²) in [4.78, 5) is 24.5. The van der Waals surface area contributed by atoms with Gasteiger partial charge in [0.05, 0.1) is 36.4 Å². The molecule has 0 spiro atoms. The highest BCUT2D eigenvalue weighted by molar-refractivity contribution is 5.70. The van der Waals surface area contributed by atoms with Crippen molar-refractivity contribution in [1.29, 1.82) is 0 Å². The first kappa shape index (κ1) is 34.2.